The van der Waals surface area contributed by atoms with E-state index in [1.54, 1.807) is 0 Å². The molecule has 1 unspecified atom stereocenters. The van der Waals surface area contributed by atoms with Gasteiger partial charge in [0, 0.05) is 19.0 Å². The van der Waals surface area contributed by atoms with Crippen molar-refractivity contribution in [1.29, 1.82) is 0 Å². The van der Waals surface area contributed by atoms with E-state index in [2.05, 4.69) is 0 Å². The van der Waals surface area contributed by atoms with Crippen LogP contribution in [-0.4, -0.2) is 41.0 Å². The van der Waals surface area contributed by atoms with E-state index in [1.807, 2.05) is 6.92 Å². The van der Waals surface area contributed by atoms with Crippen LogP contribution in [0.1, 0.15) is 39.0 Å². The molecule has 0 aromatic carbocycles. The van der Waals surface area contributed by atoms with E-state index >= 15 is 0 Å². The summed E-state index contributed by atoms with van der Waals surface area (Å²) >= 11 is 0. The number of hydrogen-bond donors (Lipinski definition) is 2. The third kappa shape index (κ3) is 6.26. The summed E-state index contributed by atoms with van der Waals surface area (Å²) in [5.41, 5.74) is 5.61. The zero-order chi connectivity index (χ0) is 12.8. The van der Waals surface area contributed by atoms with Crippen LogP contribution < -0.4 is 5.73 Å². The Balaban J connectivity index is 2.32. The van der Waals surface area contributed by atoms with Crippen molar-refractivity contribution in [3.05, 3.63) is 0 Å². The number of carboxylic acids is 1. The first kappa shape index (κ1) is 14.0. The lowest BCUT2D eigenvalue weighted by atomic mass is 10.1. The van der Waals surface area contributed by atoms with Crippen LogP contribution >= 0.6 is 0 Å². The summed E-state index contributed by atoms with van der Waals surface area (Å²) in [6.07, 6.45) is 4.17. The Morgan fingerprint density at radius 3 is 2.59 bits per heavy atom. The lowest BCUT2D eigenvalue weighted by Crippen LogP contribution is -2.37. The molecule has 1 rings (SSSR count). The Labute approximate surface area is 102 Å². The van der Waals surface area contributed by atoms with Crippen molar-refractivity contribution in [3.63, 3.8) is 0 Å². The summed E-state index contributed by atoms with van der Waals surface area (Å²) in [6, 6.07) is 0.0964. The van der Waals surface area contributed by atoms with Crippen molar-refractivity contribution in [2.75, 3.05) is 13.1 Å². The molecule has 1 amide bonds. The van der Waals surface area contributed by atoms with Gasteiger partial charge in [-0.05, 0) is 38.5 Å². The minimum absolute atomic E-state index is 0.0556. The highest BCUT2D eigenvalue weighted by molar-refractivity contribution is 5.81. The maximum absolute atomic E-state index is 11.8. The minimum atomic E-state index is -0.939. The number of carbonyl (C=O) groups is 2. The zero-order valence-electron chi connectivity index (χ0n) is 10.4. The molecule has 1 atom stereocenters. The topological polar surface area (TPSA) is 83.6 Å². The van der Waals surface area contributed by atoms with E-state index in [9.17, 15) is 9.59 Å². The lowest BCUT2D eigenvalue weighted by Gasteiger charge is -2.20. The van der Waals surface area contributed by atoms with E-state index in [-0.39, 0.29) is 18.5 Å². The summed E-state index contributed by atoms with van der Waals surface area (Å²) < 4.78 is 0. The van der Waals surface area contributed by atoms with Crippen molar-refractivity contribution < 1.29 is 14.7 Å². The molecule has 0 bridgehead atoms. The molecule has 3 N–H and O–H groups in total. The Morgan fingerprint density at radius 2 is 2.12 bits per heavy atom. The summed E-state index contributed by atoms with van der Waals surface area (Å²) in [7, 11) is 0. The summed E-state index contributed by atoms with van der Waals surface area (Å²) in [5, 5.41) is 8.77. The van der Waals surface area contributed by atoms with Gasteiger partial charge in [0.05, 0.1) is 0 Å². The quantitative estimate of drug-likeness (QED) is 0.660. The van der Waals surface area contributed by atoms with Crippen molar-refractivity contribution in [2.24, 2.45) is 11.7 Å². The van der Waals surface area contributed by atoms with Crippen LogP contribution in [-0.2, 0) is 9.59 Å². The third-order valence-corrected chi connectivity index (χ3v) is 2.90. The second kappa shape index (κ2) is 6.59. The van der Waals surface area contributed by atoms with Gasteiger partial charge < -0.3 is 15.7 Å². The lowest BCUT2D eigenvalue weighted by molar-refractivity contribution is -0.144. The average Bonchev–Trinajstić information content (AvgIpc) is 2.99. The number of rotatable bonds is 8. The van der Waals surface area contributed by atoms with E-state index in [0.29, 0.717) is 18.9 Å². The molecular formula is C12H22N2O3. The van der Waals surface area contributed by atoms with Gasteiger partial charge in [0.15, 0.2) is 0 Å². The summed E-state index contributed by atoms with van der Waals surface area (Å²) in [4.78, 5) is 24.0. The van der Waals surface area contributed by atoms with Gasteiger partial charge in [0.25, 0.3) is 0 Å². The van der Waals surface area contributed by atoms with E-state index in [1.165, 1.54) is 4.90 Å². The fraction of sp³-hybridized carbons (Fsp3) is 0.833. The molecule has 1 aliphatic rings. The fourth-order valence-electron chi connectivity index (χ4n) is 1.76. The van der Waals surface area contributed by atoms with E-state index in [4.69, 9.17) is 10.8 Å². The van der Waals surface area contributed by atoms with Gasteiger partial charge in [-0.3, -0.25) is 9.59 Å². The molecule has 0 spiro atoms. The number of nitrogens with zero attached hydrogens (tertiary/aromatic N) is 1. The highest BCUT2D eigenvalue weighted by atomic mass is 16.4. The number of nitrogens with two attached hydrogens (primary N) is 1. The molecule has 1 fully saturated rings. The largest absolute Gasteiger partial charge is 0.480 e. The van der Waals surface area contributed by atoms with Crippen molar-refractivity contribution in [1.82, 2.24) is 4.90 Å². The predicted octanol–water partition coefficient (Wildman–Crippen LogP) is 0.827. The first-order valence-electron chi connectivity index (χ1n) is 6.24. The molecule has 17 heavy (non-hydrogen) atoms. The van der Waals surface area contributed by atoms with Crippen molar-refractivity contribution in [2.45, 2.75) is 45.1 Å². The van der Waals surface area contributed by atoms with Gasteiger partial charge in [-0.2, -0.15) is 0 Å². The van der Waals surface area contributed by atoms with E-state index in [0.717, 1.165) is 25.7 Å². The monoisotopic (exact) mass is 242 g/mol. The van der Waals surface area contributed by atoms with Gasteiger partial charge >= 0.3 is 5.97 Å². The Kier molecular flexibility index (Phi) is 5.41. The Morgan fingerprint density at radius 1 is 1.47 bits per heavy atom. The molecule has 0 saturated heterocycles. The standard InChI is InChI=1S/C12H22N2O3/c1-9(13)3-2-4-11(15)14(8-12(16)17)7-10-5-6-10/h9-10H,2-8,13H2,1H3,(H,16,17). The Hall–Kier alpha value is -1.10. The number of carbonyl (C=O) groups excluding carboxylic acids is 1. The third-order valence-electron chi connectivity index (χ3n) is 2.90. The minimum Gasteiger partial charge on any atom is -0.480 e. The first-order chi connectivity index (χ1) is 7.99. The normalized spacial score (nSPS) is 16.6. The molecule has 5 nitrogen and oxygen atoms in total. The fourth-order valence-corrected chi connectivity index (χ4v) is 1.76. The van der Waals surface area contributed by atoms with Crippen LogP contribution in [0.3, 0.4) is 0 Å². The van der Waals surface area contributed by atoms with E-state index < -0.39 is 5.97 Å². The van der Waals surface area contributed by atoms with Gasteiger partial charge in [0.1, 0.15) is 6.54 Å². The SMILES string of the molecule is CC(N)CCCC(=O)N(CC(=O)O)CC1CC1. The van der Waals surface area contributed by atoms with Crippen LogP contribution in [0.4, 0.5) is 0 Å². The molecule has 0 heterocycles. The zero-order valence-corrected chi connectivity index (χ0v) is 10.4. The Bertz CT molecular complexity index is 275. The van der Waals surface area contributed by atoms with Crippen LogP contribution in [0.5, 0.6) is 0 Å². The predicted molar refractivity (Wildman–Crippen MR) is 64.4 cm³/mol. The number of aliphatic carboxylic acids is 1. The first-order valence-corrected chi connectivity index (χ1v) is 6.24. The highest BCUT2D eigenvalue weighted by Crippen LogP contribution is 2.29. The van der Waals surface area contributed by atoms with Crippen LogP contribution in [0, 0.1) is 5.92 Å². The molecule has 0 radical (unpaired) electrons. The molecule has 1 aliphatic carbocycles. The van der Waals surface area contributed by atoms with Crippen LogP contribution in [0.15, 0.2) is 0 Å². The highest BCUT2D eigenvalue weighted by Gasteiger charge is 2.27. The average molecular weight is 242 g/mol. The maximum Gasteiger partial charge on any atom is 0.323 e. The number of hydrogen-bond acceptors (Lipinski definition) is 3. The van der Waals surface area contributed by atoms with Crippen molar-refractivity contribution in [3.8, 4) is 0 Å². The summed E-state index contributed by atoms with van der Waals surface area (Å²) in [5.74, 6) is -0.474. The smallest absolute Gasteiger partial charge is 0.323 e. The molecular weight excluding hydrogens is 220 g/mol. The summed E-state index contributed by atoms with van der Waals surface area (Å²) in [6.45, 7) is 2.33. The molecule has 5 heteroatoms. The molecule has 0 aliphatic heterocycles. The molecule has 98 valence electrons. The van der Waals surface area contributed by atoms with Gasteiger partial charge in [-0.25, -0.2) is 0 Å². The molecule has 1 saturated carbocycles. The van der Waals surface area contributed by atoms with Crippen molar-refractivity contribution >= 4 is 11.9 Å². The van der Waals surface area contributed by atoms with Gasteiger partial charge in [-0.15, -0.1) is 0 Å². The number of amides is 1. The second-order valence-corrected chi connectivity index (χ2v) is 4.98. The second-order valence-electron chi connectivity index (χ2n) is 4.98. The van der Waals surface area contributed by atoms with Gasteiger partial charge in [0.2, 0.25) is 5.91 Å². The van der Waals surface area contributed by atoms with Gasteiger partial charge in [-0.1, -0.05) is 0 Å². The maximum atomic E-state index is 11.8. The number of carboxylic acid groups (broad SMARTS) is 1. The van der Waals surface area contributed by atoms with Crippen LogP contribution in [0.2, 0.25) is 0 Å². The molecule has 0 aromatic rings. The van der Waals surface area contributed by atoms with Crippen LogP contribution in [0.25, 0.3) is 0 Å². The molecule has 0 aromatic heterocycles.